The lowest BCUT2D eigenvalue weighted by Crippen LogP contribution is -2.46. The number of aryl methyl sites for hydroxylation is 3. The summed E-state index contributed by atoms with van der Waals surface area (Å²) in [5.74, 6) is 2.24. The van der Waals surface area contributed by atoms with Gasteiger partial charge in [0, 0.05) is 38.1 Å². The molecule has 0 amide bonds. The second-order valence-corrected chi connectivity index (χ2v) is 8.67. The van der Waals surface area contributed by atoms with E-state index in [4.69, 9.17) is 4.42 Å². The van der Waals surface area contributed by atoms with Crippen LogP contribution in [0.5, 0.6) is 0 Å². The summed E-state index contributed by atoms with van der Waals surface area (Å²) in [7, 11) is 1.90. The predicted octanol–water partition coefficient (Wildman–Crippen LogP) is 2.67. The van der Waals surface area contributed by atoms with Crippen molar-refractivity contribution in [1.82, 2.24) is 34.8 Å². The minimum absolute atomic E-state index is 0.622. The minimum atomic E-state index is 0.622. The van der Waals surface area contributed by atoms with Gasteiger partial charge in [-0.25, -0.2) is 9.97 Å². The monoisotopic (exact) mass is 424 g/mol. The number of aromatic nitrogens is 6. The van der Waals surface area contributed by atoms with Crippen LogP contribution in [0.1, 0.15) is 23.3 Å². The molecule has 5 heterocycles. The van der Waals surface area contributed by atoms with Crippen LogP contribution in [0.2, 0.25) is 0 Å². The van der Waals surface area contributed by atoms with Crippen LogP contribution in [0, 0.1) is 6.92 Å². The molecule has 1 aliphatic heterocycles. The van der Waals surface area contributed by atoms with E-state index in [1.54, 1.807) is 22.3 Å². The van der Waals surface area contributed by atoms with E-state index in [1.807, 2.05) is 13.2 Å². The van der Waals surface area contributed by atoms with Crippen LogP contribution >= 0.6 is 11.3 Å². The van der Waals surface area contributed by atoms with Crippen molar-refractivity contribution in [2.45, 2.75) is 26.8 Å². The Morgan fingerprint density at radius 1 is 1.13 bits per heavy atom. The summed E-state index contributed by atoms with van der Waals surface area (Å²) in [6.07, 6.45) is 4.48. The molecular formula is C20H24N8OS. The average molecular weight is 425 g/mol. The summed E-state index contributed by atoms with van der Waals surface area (Å²) in [6, 6.07) is 2.14. The van der Waals surface area contributed by atoms with E-state index >= 15 is 0 Å². The summed E-state index contributed by atoms with van der Waals surface area (Å²) in [4.78, 5) is 15.9. The molecule has 9 nitrogen and oxygen atoms in total. The Morgan fingerprint density at radius 3 is 2.73 bits per heavy atom. The lowest BCUT2D eigenvalue weighted by molar-refractivity contribution is 0.226. The fraction of sp³-hybridized carbons (Fsp3) is 0.450. The molecule has 0 aliphatic carbocycles. The molecule has 0 unspecified atom stereocenters. The highest BCUT2D eigenvalue weighted by Crippen LogP contribution is 2.31. The van der Waals surface area contributed by atoms with E-state index in [9.17, 15) is 0 Å². The first-order chi connectivity index (χ1) is 14.6. The molecule has 1 fully saturated rings. The SMILES string of the molecule is CCc1sc(-c2nnc(CN3CCN(c4ncnc5c4cnn5C)CC3)o2)cc1C. The highest BCUT2D eigenvalue weighted by atomic mass is 32.1. The van der Waals surface area contributed by atoms with Crippen LogP contribution in [0.4, 0.5) is 5.82 Å². The molecule has 0 spiro atoms. The zero-order valence-electron chi connectivity index (χ0n) is 17.4. The van der Waals surface area contributed by atoms with Gasteiger partial charge in [0.15, 0.2) is 5.65 Å². The van der Waals surface area contributed by atoms with Gasteiger partial charge < -0.3 is 9.32 Å². The molecule has 5 rings (SSSR count). The van der Waals surface area contributed by atoms with E-state index in [0.29, 0.717) is 18.3 Å². The Kier molecular flexibility index (Phi) is 4.95. The average Bonchev–Trinajstić information content (AvgIpc) is 3.47. The molecule has 1 aliphatic rings. The van der Waals surface area contributed by atoms with Crippen LogP contribution in [-0.4, -0.2) is 61.0 Å². The van der Waals surface area contributed by atoms with Gasteiger partial charge in [-0.1, -0.05) is 6.92 Å². The molecule has 1 saturated heterocycles. The van der Waals surface area contributed by atoms with Crippen molar-refractivity contribution in [3.05, 3.63) is 34.9 Å². The molecule has 4 aromatic heterocycles. The molecule has 0 radical (unpaired) electrons. The number of anilines is 1. The van der Waals surface area contributed by atoms with Crippen molar-refractivity contribution < 1.29 is 4.42 Å². The van der Waals surface area contributed by atoms with Crippen molar-refractivity contribution in [3.8, 4) is 10.8 Å². The fourth-order valence-electron chi connectivity index (χ4n) is 3.90. The Bertz CT molecular complexity index is 1170. The summed E-state index contributed by atoms with van der Waals surface area (Å²) in [5.41, 5.74) is 2.15. The number of rotatable bonds is 5. The van der Waals surface area contributed by atoms with E-state index in [0.717, 1.165) is 54.3 Å². The maximum Gasteiger partial charge on any atom is 0.257 e. The van der Waals surface area contributed by atoms with Gasteiger partial charge in [-0.05, 0) is 25.0 Å². The van der Waals surface area contributed by atoms with Crippen LogP contribution < -0.4 is 4.90 Å². The summed E-state index contributed by atoms with van der Waals surface area (Å²) in [6.45, 7) is 8.54. The third-order valence-electron chi connectivity index (χ3n) is 5.56. The number of hydrogen-bond donors (Lipinski definition) is 0. The van der Waals surface area contributed by atoms with Crippen molar-refractivity contribution in [2.24, 2.45) is 7.05 Å². The first kappa shape index (κ1) is 19.1. The van der Waals surface area contributed by atoms with Crippen LogP contribution in [0.25, 0.3) is 21.8 Å². The number of hydrogen-bond acceptors (Lipinski definition) is 9. The summed E-state index contributed by atoms with van der Waals surface area (Å²) >= 11 is 1.74. The molecule has 0 aromatic carbocycles. The lowest BCUT2D eigenvalue weighted by atomic mass is 10.2. The molecule has 0 bridgehead atoms. The second-order valence-electron chi connectivity index (χ2n) is 7.54. The topological polar surface area (TPSA) is 89.0 Å². The maximum atomic E-state index is 5.96. The Labute approximate surface area is 178 Å². The second kappa shape index (κ2) is 7.77. The summed E-state index contributed by atoms with van der Waals surface area (Å²) < 4.78 is 7.74. The van der Waals surface area contributed by atoms with Gasteiger partial charge in [0.05, 0.1) is 23.0 Å². The fourth-order valence-corrected chi connectivity index (χ4v) is 4.94. The number of fused-ring (bicyclic) bond motifs is 1. The molecule has 156 valence electrons. The largest absolute Gasteiger partial charge is 0.419 e. The van der Waals surface area contributed by atoms with Gasteiger partial charge in [-0.2, -0.15) is 5.10 Å². The van der Waals surface area contributed by atoms with E-state index in [1.165, 1.54) is 10.4 Å². The quantitative estimate of drug-likeness (QED) is 0.483. The molecule has 0 saturated carbocycles. The normalized spacial score (nSPS) is 15.4. The molecular weight excluding hydrogens is 400 g/mol. The Morgan fingerprint density at radius 2 is 1.97 bits per heavy atom. The number of thiophene rings is 1. The van der Waals surface area contributed by atoms with Gasteiger partial charge in [0.1, 0.15) is 12.1 Å². The highest BCUT2D eigenvalue weighted by molar-refractivity contribution is 7.15. The van der Waals surface area contributed by atoms with Gasteiger partial charge in [0.25, 0.3) is 5.89 Å². The Hall–Kier alpha value is -2.85. The predicted molar refractivity (Wildman–Crippen MR) is 116 cm³/mol. The first-order valence-corrected chi connectivity index (χ1v) is 11.0. The molecule has 0 N–H and O–H groups in total. The van der Waals surface area contributed by atoms with Crippen LogP contribution in [0.3, 0.4) is 0 Å². The highest BCUT2D eigenvalue weighted by Gasteiger charge is 2.23. The standard InChI is InChI=1S/C20H24N8OS/c1-4-15-13(2)9-16(30-15)20-25-24-17(29-20)11-27-5-7-28(8-6-27)19-14-10-23-26(3)18(14)21-12-22-19/h9-10,12H,4-8,11H2,1-3H3. The van der Waals surface area contributed by atoms with E-state index in [2.05, 4.69) is 55.0 Å². The van der Waals surface area contributed by atoms with Gasteiger partial charge in [-0.15, -0.1) is 21.5 Å². The summed E-state index contributed by atoms with van der Waals surface area (Å²) in [5, 5.41) is 13.9. The molecule has 0 atom stereocenters. The zero-order valence-corrected chi connectivity index (χ0v) is 18.2. The molecule has 30 heavy (non-hydrogen) atoms. The van der Waals surface area contributed by atoms with Crippen molar-refractivity contribution >= 4 is 28.2 Å². The van der Waals surface area contributed by atoms with Crippen molar-refractivity contribution in [3.63, 3.8) is 0 Å². The third kappa shape index (κ3) is 3.46. The maximum absolute atomic E-state index is 5.96. The van der Waals surface area contributed by atoms with E-state index in [-0.39, 0.29) is 0 Å². The first-order valence-electron chi connectivity index (χ1n) is 10.1. The number of nitrogens with zero attached hydrogens (tertiary/aromatic N) is 8. The van der Waals surface area contributed by atoms with Crippen LogP contribution in [-0.2, 0) is 20.0 Å². The Balaban J connectivity index is 1.24. The van der Waals surface area contributed by atoms with Crippen LogP contribution in [0.15, 0.2) is 23.0 Å². The third-order valence-corrected chi connectivity index (χ3v) is 6.93. The van der Waals surface area contributed by atoms with Gasteiger partial charge in [-0.3, -0.25) is 9.58 Å². The van der Waals surface area contributed by atoms with E-state index < -0.39 is 0 Å². The smallest absolute Gasteiger partial charge is 0.257 e. The molecule has 10 heteroatoms. The zero-order chi connectivity index (χ0) is 20.7. The van der Waals surface area contributed by atoms with Gasteiger partial charge in [0.2, 0.25) is 5.89 Å². The lowest BCUT2D eigenvalue weighted by Gasteiger charge is -2.34. The van der Waals surface area contributed by atoms with Crippen molar-refractivity contribution in [1.29, 1.82) is 0 Å². The minimum Gasteiger partial charge on any atom is -0.419 e. The number of piperazine rings is 1. The van der Waals surface area contributed by atoms with Crippen molar-refractivity contribution in [2.75, 3.05) is 31.1 Å². The molecule has 4 aromatic rings. The van der Waals surface area contributed by atoms with Gasteiger partial charge >= 0.3 is 0 Å².